The predicted molar refractivity (Wildman–Crippen MR) is 119 cm³/mol. The van der Waals surface area contributed by atoms with E-state index in [1.54, 1.807) is 5.01 Å². The van der Waals surface area contributed by atoms with E-state index in [9.17, 15) is 5.11 Å². The van der Waals surface area contributed by atoms with E-state index in [0.717, 1.165) is 47.2 Å². The first-order valence-electron chi connectivity index (χ1n) is 9.76. The Labute approximate surface area is 168 Å². The highest BCUT2D eigenvalue weighted by Gasteiger charge is 2.20. The lowest BCUT2D eigenvalue weighted by atomic mass is 10.0. The van der Waals surface area contributed by atoms with Gasteiger partial charge in [-0.2, -0.15) is 0 Å². The van der Waals surface area contributed by atoms with Crippen molar-refractivity contribution >= 4 is 28.6 Å². The lowest BCUT2D eigenvalue weighted by molar-refractivity contribution is -0.705. The Bertz CT molecular complexity index is 877. The van der Waals surface area contributed by atoms with Crippen LogP contribution in [0.3, 0.4) is 0 Å². The molecule has 2 N–H and O–H groups in total. The largest absolute Gasteiger partial charge is 0.506 e. The number of rotatable bonds is 4. The molecule has 150 valence electrons. The fourth-order valence-electron chi connectivity index (χ4n) is 3.78. The molecule has 0 radical (unpaired) electrons. The van der Waals surface area contributed by atoms with Gasteiger partial charge in [-0.1, -0.05) is 12.1 Å². The van der Waals surface area contributed by atoms with E-state index in [2.05, 4.69) is 48.2 Å². The zero-order valence-corrected chi connectivity index (χ0v) is 17.8. The number of aromatic hydroxyl groups is 1. The van der Waals surface area contributed by atoms with Crippen LogP contribution in [0.1, 0.15) is 18.9 Å². The SMILES string of the molecule is C/C(=N\N(C)c1cc2c(cc1O)N(C)CCC2)[NH+](C)c1ccccc1N(C)C. The number of benzene rings is 2. The lowest BCUT2D eigenvalue weighted by Gasteiger charge is -2.29. The van der Waals surface area contributed by atoms with Crippen molar-refractivity contribution in [3.63, 3.8) is 0 Å². The Morgan fingerprint density at radius 1 is 1.14 bits per heavy atom. The molecule has 1 heterocycles. The van der Waals surface area contributed by atoms with E-state index in [0.29, 0.717) is 0 Å². The van der Waals surface area contributed by atoms with Crippen LogP contribution >= 0.6 is 0 Å². The van der Waals surface area contributed by atoms with Gasteiger partial charge in [0.2, 0.25) is 5.84 Å². The molecule has 0 spiro atoms. The van der Waals surface area contributed by atoms with Gasteiger partial charge in [0.15, 0.2) is 5.69 Å². The summed E-state index contributed by atoms with van der Waals surface area (Å²) in [5, 5.41) is 17.1. The third-order valence-corrected chi connectivity index (χ3v) is 5.51. The molecular formula is C22H32N5O+. The van der Waals surface area contributed by atoms with Crippen molar-refractivity contribution in [2.45, 2.75) is 19.8 Å². The minimum atomic E-state index is 0.262. The minimum absolute atomic E-state index is 0.262. The van der Waals surface area contributed by atoms with Gasteiger partial charge in [0.05, 0.1) is 12.7 Å². The maximum atomic E-state index is 10.6. The van der Waals surface area contributed by atoms with E-state index in [1.165, 1.54) is 11.3 Å². The molecule has 2 aromatic carbocycles. The van der Waals surface area contributed by atoms with Crippen molar-refractivity contribution in [1.29, 1.82) is 0 Å². The molecule has 0 saturated heterocycles. The van der Waals surface area contributed by atoms with Gasteiger partial charge in [-0.3, -0.25) is 9.91 Å². The highest BCUT2D eigenvalue weighted by atomic mass is 16.3. The summed E-state index contributed by atoms with van der Waals surface area (Å²) < 4.78 is 0. The quantitative estimate of drug-likeness (QED) is 0.484. The number of fused-ring (bicyclic) bond motifs is 1. The molecular weight excluding hydrogens is 350 g/mol. The van der Waals surface area contributed by atoms with Crippen molar-refractivity contribution in [3.05, 3.63) is 42.0 Å². The molecule has 1 unspecified atom stereocenters. The number of hydrazone groups is 1. The second-order valence-electron chi connectivity index (χ2n) is 7.74. The van der Waals surface area contributed by atoms with Crippen molar-refractivity contribution < 1.29 is 10.0 Å². The Balaban J connectivity index is 1.89. The highest BCUT2D eigenvalue weighted by Crippen LogP contribution is 2.37. The van der Waals surface area contributed by atoms with Crippen LogP contribution in [0.2, 0.25) is 0 Å². The minimum Gasteiger partial charge on any atom is -0.506 e. The first kappa shape index (κ1) is 20.0. The zero-order chi connectivity index (χ0) is 20.4. The summed E-state index contributed by atoms with van der Waals surface area (Å²) in [6, 6.07) is 12.3. The molecule has 3 rings (SSSR count). The Morgan fingerprint density at radius 2 is 1.86 bits per heavy atom. The summed E-state index contributed by atoms with van der Waals surface area (Å²) in [6.45, 7) is 3.04. The van der Waals surface area contributed by atoms with Crippen molar-refractivity contribution in [2.75, 3.05) is 56.6 Å². The van der Waals surface area contributed by atoms with Crippen molar-refractivity contribution in [2.24, 2.45) is 5.10 Å². The average Bonchev–Trinajstić information content (AvgIpc) is 2.67. The molecule has 0 amide bonds. The number of nitrogens with one attached hydrogen (secondary N) is 1. The summed E-state index contributed by atoms with van der Waals surface area (Å²) in [6.07, 6.45) is 2.17. The fraction of sp³-hybridized carbons (Fsp3) is 0.409. The first-order chi connectivity index (χ1) is 13.3. The molecule has 1 aliphatic rings. The van der Waals surface area contributed by atoms with Gasteiger partial charge in [0.1, 0.15) is 11.4 Å². The smallest absolute Gasteiger partial charge is 0.220 e. The molecule has 28 heavy (non-hydrogen) atoms. The Kier molecular flexibility index (Phi) is 5.79. The Hall–Kier alpha value is -2.73. The molecule has 6 nitrogen and oxygen atoms in total. The van der Waals surface area contributed by atoms with Crippen LogP contribution < -0.4 is 19.7 Å². The molecule has 6 heteroatoms. The molecule has 0 bridgehead atoms. The number of hydrogen-bond acceptors (Lipinski definition) is 5. The van der Waals surface area contributed by atoms with Crippen LogP contribution in [-0.2, 0) is 6.42 Å². The molecule has 0 aromatic heterocycles. The standard InChI is InChI=1S/C22H31N5O/c1-16(26(5)19-12-8-7-11-18(19)24(2)3)23-27(6)21-14-17-10-9-13-25(4)20(17)15-22(21)28/h7-8,11-12,14-15,28H,9-10,13H2,1-6H3/p+1/b23-16+. The van der Waals surface area contributed by atoms with Gasteiger partial charge in [0.25, 0.3) is 0 Å². The van der Waals surface area contributed by atoms with Crippen LogP contribution in [0.5, 0.6) is 5.75 Å². The predicted octanol–water partition coefficient (Wildman–Crippen LogP) is 2.46. The van der Waals surface area contributed by atoms with Gasteiger partial charge in [-0.25, -0.2) is 0 Å². The number of quaternary nitrogens is 1. The molecule has 1 atom stereocenters. The third-order valence-electron chi connectivity index (χ3n) is 5.51. The maximum absolute atomic E-state index is 10.6. The molecule has 0 fully saturated rings. The van der Waals surface area contributed by atoms with Gasteiger partial charge in [0, 0.05) is 59.5 Å². The van der Waals surface area contributed by atoms with Crippen LogP contribution in [0.4, 0.5) is 22.7 Å². The van der Waals surface area contributed by atoms with Gasteiger partial charge in [-0.15, -0.1) is 5.10 Å². The average molecular weight is 383 g/mol. The number of phenols is 1. The van der Waals surface area contributed by atoms with E-state index in [1.807, 2.05) is 40.2 Å². The summed E-state index contributed by atoms with van der Waals surface area (Å²) in [5.41, 5.74) is 5.45. The lowest BCUT2D eigenvalue weighted by Crippen LogP contribution is -3.06. The van der Waals surface area contributed by atoms with E-state index in [4.69, 9.17) is 5.10 Å². The van der Waals surface area contributed by atoms with Crippen LogP contribution in [0.15, 0.2) is 41.5 Å². The van der Waals surface area contributed by atoms with Crippen molar-refractivity contribution in [1.82, 2.24) is 0 Å². The summed E-state index contributed by atoms with van der Waals surface area (Å²) in [7, 11) is 10.2. The number of anilines is 3. The zero-order valence-electron chi connectivity index (χ0n) is 17.8. The van der Waals surface area contributed by atoms with Crippen LogP contribution in [0, 0.1) is 0 Å². The van der Waals surface area contributed by atoms with Gasteiger partial charge >= 0.3 is 0 Å². The monoisotopic (exact) mass is 382 g/mol. The van der Waals surface area contributed by atoms with Crippen molar-refractivity contribution in [3.8, 4) is 5.75 Å². The molecule has 0 saturated carbocycles. The number of nitrogens with zero attached hydrogens (tertiary/aromatic N) is 4. The summed E-state index contributed by atoms with van der Waals surface area (Å²) in [4.78, 5) is 5.43. The number of para-hydroxylation sites is 2. The number of phenolic OH excluding ortho intramolecular Hbond substituents is 1. The first-order valence-corrected chi connectivity index (χ1v) is 9.76. The number of amidine groups is 1. The van der Waals surface area contributed by atoms with Crippen LogP contribution in [-0.4, -0.2) is 52.7 Å². The second-order valence-corrected chi connectivity index (χ2v) is 7.74. The van der Waals surface area contributed by atoms with Crippen LogP contribution in [0.25, 0.3) is 0 Å². The maximum Gasteiger partial charge on any atom is 0.220 e. The third kappa shape index (κ3) is 3.92. The molecule has 2 aromatic rings. The van der Waals surface area contributed by atoms with Gasteiger partial charge < -0.3 is 14.9 Å². The number of aryl methyl sites for hydroxylation is 1. The second kappa shape index (κ2) is 8.10. The fourth-order valence-corrected chi connectivity index (χ4v) is 3.78. The highest BCUT2D eigenvalue weighted by molar-refractivity contribution is 5.78. The topological polar surface area (TPSA) is 46.8 Å². The summed E-state index contributed by atoms with van der Waals surface area (Å²) >= 11 is 0. The number of hydrogen-bond donors (Lipinski definition) is 2. The van der Waals surface area contributed by atoms with E-state index in [-0.39, 0.29) is 5.75 Å². The molecule has 0 aliphatic carbocycles. The van der Waals surface area contributed by atoms with E-state index >= 15 is 0 Å². The Morgan fingerprint density at radius 3 is 2.57 bits per heavy atom. The normalized spacial score (nSPS) is 15.2. The summed E-state index contributed by atoms with van der Waals surface area (Å²) in [5.74, 6) is 1.18. The molecule has 1 aliphatic heterocycles. The van der Waals surface area contributed by atoms with E-state index < -0.39 is 0 Å². The van der Waals surface area contributed by atoms with Gasteiger partial charge in [-0.05, 0) is 30.5 Å².